The van der Waals surface area contributed by atoms with Gasteiger partial charge in [-0.15, -0.1) is 11.3 Å². The van der Waals surface area contributed by atoms with Gasteiger partial charge in [0.05, 0.1) is 22.3 Å². The molecule has 1 aliphatic rings. The molecule has 2 heterocycles. The van der Waals surface area contributed by atoms with E-state index in [2.05, 4.69) is 16.0 Å². The third kappa shape index (κ3) is 3.84. The van der Waals surface area contributed by atoms with Crippen LogP contribution >= 0.6 is 22.9 Å². The van der Waals surface area contributed by atoms with Gasteiger partial charge in [0.25, 0.3) is 11.5 Å². The van der Waals surface area contributed by atoms with Gasteiger partial charge in [0, 0.05) is 16.4 Å². The lowest BCUT2D eigenvalue weighted by atomic mass is 10.1. The number of benzene rings is 1. The molecule has 0 aliphatic heterocycles. The lowest BCUT2D eigenvalue weighted by Gasteiger charge is -2.19. The average Bonchev–Trinajstić information content (AvgIpc) is 2.95. The van der Waals surface area contributed by atoms with E-state index in [-0.39, 0.29) is 18.0 Å². The molecule has 0 radical (unpaired) electrons. The zero-order valence-corrected chi connectivity index (χ0v) is 17.3. The number of hydrogen-bond acceptors (Lipinski definition) is 4. The van der Waals surface area contributed by atoms with Crippen LogP contribution in [0.5, 0.6) is 0 Å². The van der Waals surface area contributed by atoms with Crippen LogP contribution in [0.25, 0.3) is 10.9 Å². The van der Waals surface area contributed by atoms with Gasteiger partial charge >= 0.3 is 0 Å². The van der Waals surface area contributed by atoms with Gasteiger partial charge in [-0.3, -0.25) is 9.59 Å². The molecule has 146 valence electrons. The third-order valence-electron chi connectivity index (χ3n) is 5.18. The first-order valence-corrected chi connectivity index (χ1v) is 10.8. The summed E-state index contributed by atoms with van der Waals surface area (Å²) >= 11 is 7.65. The Morgan fingerprint density at radius 1 is 1.25 bits per heavy atom. The van der Waals surface area contributed by atoms with E-state index >= 15 is 0 Å². The van der Waals surface area contributed by atoms with Crippen molar-refractivity contribution in [3.8, 4) is 0 Å². The molecule has 0 unspecified atom stereocenters. The molecule has 1 amide bonds. The summed E-state index contributed by atoms with van der Waals surface area (Å²) < 4.78 is 0. The van der Waals surface area contributed by atoms with Gasteiger partial charge in [0.1, 0.15) is 5.82 Å². The number of nitrogens with zero attached hydrogens (tertiary/aromatic N) is 2. The number of rotatable bonds is 4. The lowest BCUT2D eigenvalue weighted by molar-refractivity contribution is 0.0753. The largest absolute Gasteiger partial charge is 0.331 e. The Kier molecular flexibility index (Phi) is 5.51. The summed E-state index contributed by atoms with van der Waals surface area (Å²) in [6.07, 6.45) is 5.78. The van der Waals surface area contributed by atoms with Crippen LogP contribution in [0.15, 0.2) is 29.1 Å². The number of nitrogens with one attached hydrogen (secondary N) is 1. The van der Waals surface area contributed by atoms with Crippen molar-refractivity contribution >= 4 is 39.7 Å². The molecule has 0 fully saturated rings. The number of carbonyl (C=O) groups is 1. The molecule has 1 aliphatic carbocycles. The van der Waals surface area contributed by atoms with E-state index in [0.29, 0.717) is 28.3 Å². The molecule has 3 aromatic rings. The zero-order valence-electron chi connectivity index (χ0n) is 15.8. The van der Waals surface area contributed by atoms with Gasteiger partial charge in [0.2, 0.25) is 0 Å². The number of halogens is 1. The summed E-state index contributed by atoms with van der Waals surface area (Å²) in [6, 6.07) is 7.06. The summed E-state index contributed by atoms with van der Waals surface area (Å²) in [7, 11) is 0. The zero-order chi connectivity index (χ0) is 19.7. The van der Waals surface area contributed by atoms with Crippen LogP contribution in [0, 0.1) is 0 Å². The number of amides is 1. The van der Waals surface area contributed by atoms with Crippen molar-refractivity contribution in [2.24, 2.45) is 0 Å². The molecule has 7 heteroatoms. The molecular weight excluding hydrogens is 394 g/mol. The molecule has 4 rings (SSSR count). The molecule has 28 heavy (non-hydrogen) atoms. The number of aromatic amines is 1. The molecule has 0 saturated heterocycles. The minimum atomic E-state index is -0.219. The molecule has 0 bridgehead atoms. The van der Waals surface area contributed by atoms with Gasteiger partial charge in [-0.05, 0) is 62.4 Å². The highest BCUT2D eigenvalue weighted by molar-refractivity contribution is 7.14. The van der Waals surface area contributed by atoms with Crippen LogP contribution in [0.4, 0.5) is 0 Å². The summed E-state index contributed by atoms with van der Waals surface area (Å²) in [5.74, 6) is 0.461. The summed E-state index contributed by atoms with van der Waals surface area (Å²) in [5, 5.41) is 1.02. The maximum Gasteiger partial charge on any atom is 0.264 e. The maximum atomic E-state index is 13.1. The maximum absolute atomic E-state index is 13.1. The van der Waals surface area contributed by atoms with Crippen LogP contribution in [0.1, 0.15) is 52.1 Å². The van der Waals surface area contributed by atoms with E-state index in [1.165, 1.54) is 29.7 Å². The third-order valence-corrected chi connectivity index (χ3v) is 6.64. The normalized spacial score (nSPS) is 13.9. The Balaban J connectivity index is 1.60. The van der Waals surface area contributed by atoms with Crippen molar-refractivity contribution in [1.82, 2.24) is 14.9 Å². The minimum Gasteiger partial charge on any atom is -0.331 e. The Morgan fingerprint density at radius 2 is 2.07 bits per heavy atom. The standard InChI is InChI=1S/C21H22ClN3O2S/c1-2-25(21(27)18-10-13-6-4-3-5-7-17(13)28-18)12-19-23-16-11-14(22)8-9-15(16)20(26)24-19/h8-11H,2-7,12H2,1H3,(H,23,24,26). The van der Waals surface area contributed by atoms with Crippen molar-refractivity contribution in [3.63, 3.8) is 0 Å². The van der Waals surface area contributed by atoms with Crippen molar-refractivity contribution < 1.29 is 4.79 Å². The van der Waals surface area contributed by atoms with Crippen LogP contribution in [-0.4, -0.2) is 27.3 Å². The van der Waals surface area contributed by atoms with Crippen LogP contribution in [0.2, 0.25) is 5.02 Å². The fourth-order valence-corrected chi connectivity index (χ4v) is 5.06. The van der Waals surface area contributed by atoms with Gasteiger partial charge in [0.15, 0.2) is 0 Å². The average molecular weight is 416 g/mol. The number of fused-ring (bicyclic) bond motifs is 2. The lowest BCUT2D eigenvalue weighted by Crippen LogP contribution is -2.31. The second-order valence-electron chi connectivity index (χ2n) is 7.11. The Morgan fingerprint density at radius 3 is 2.89 bits per heavy atom. The number of thiophene rings is 1. The van der Waals surface area contributed by atoms with E-state index in [4.69, 9.17) is 11.6 Å². The molecule has 0 saturated carbocycles. The summed E-state index contributed by atoms with van der Waals surface area (Å²) in [4.78, 5) is 36.6. The van der Waals surface area contributed by atoms with E-state index in [1.807, 2.05) is 6.92 Å². The van der Waals surface area contributed by atoms with Gasteiger partial charge in [-0.1, -0.05) is 18.0 Å². The van der Waals surface area contributed by atoms with E-state index < -0.39 is 0 Å². The smallest absolute Gasteiger partial charge is 0.264 e. The number of carbonyl (C=O) groups excluding carboxylic acids is 1. The number of hydrogen-bond donors (Lipinski definition) is 1. The molecule has 1 aromatic carbocycles. The highest BCUT2D eigenvalue weighted by Gasteiger charge is 2.21. The highest BCUT2D eigenvalue weighted by atomic mass is 35.5. The molecule has 0 spiro atoms. The van der Waals surface area contributed by atoms with Crippen molar-refractivity contribution in [2.75, 3.05) is 6.54 Å². The predicted octanol–water partition coefficient (Wildman–Crippen LogP) is 4.57. The second-order valence-corrected chi connectivity index (χ2v) is 8.69. The SMILES string of the molecule is CCN(Cc1nc2cc(Cl)ccc2c(=O)[nH]1)C(=O)c1cc2c(s1)CCCCC2. The Labute approximate surface area is 172 Å². The molecule has 1 N–H and O–H groups in total. The fourth-order valence-electron chi connectivity index (χ4n) is 3.67. The van der Waals surface area contributed by atoms with Gasteiger partial charge in [-0.2, -0.15) is 0 Å². The number of aryl methyl sites for hydroxylation is 2. The van der Waals surface area contributed by atoms with Crippen LogP contribution in [-0.2, 0) is 19.4 Å². The quantitative estimate of drug-likeness (QED) is 0.635. The molecule has 2 aromatic heterocycles. The first kappa shape index (κ1) is 19.2. The summed E-state index contributed by atoms with van der Waals surface area (Å²) in [5.41, 5.74) is 1.65. The van der Waals surface area contributed by atoms with Crippen LogP contribution in [0.3, 0.4) is 0 Å². The van der Waals surface area contributed by atoms with Crippen molar-refractivity contribution in [3.05, 3.63) is 60.8 Å². The van der Waals surface area contributed by atoms with Gasteiger partial charge in [-0.25, -0.2) is 4.98 Å². The monoisotopic (exact) mass is 415 g/mol. The first-order chi connectivity index (χ1) is 13.5. The highest BCUT2D eigenvalue weighted by Crippen LogP contribution is 2.30. The Bertz CT molecular complexity index is 1070. The predicted molar refractivity (Wildman–Crippen MR) is 113 cm³/mol. The van der Waals surface area contributed by atoms with Crippen molar-refractivity contribution in [1.29, 1.82) is 0 Å². The summed E-state index contributed by atoms with van der Waals surface area (Å²) in [6.45, 7) is 2.74. The minimum absolute atomic E-state index is 0.00517. The first-order valence-electron chi connectivity index (χ1n) is 9.64. The van der Waals surface area contributed by atoms with E-state index in [9.17, 15) is 9.59 Å². The molecular formula is C21H22ClN3O2S. The van der Waals surface area contributed by atoms with Gasteiger partial charge < -0.3 is 9.88 Å². The van der Waals surface area contributed by atoms with E-state index in [1.54, 1.807) is 34.4 Å². The molecule has 0 atom stereocenters. The second kappa shape index (κ2) is 8.05. The Hall–Kier alpha value is -2.18. The number of aromatic nitrogens is 2. The fraction of sp³-hybridized carbons (Fsp3) is 0.381. The van der Waals surface area contributed by atoms with Crippen molar-refractivity contribution in [2.45, 2.75) is 45.6 Å². The van der Waals surface area contributed by atoms with E-state index in [0.717, 1.165) is 17.7 Å². The molecule has 5 nitrogen and oxygen atoms in total. The number of H-pyrrole nitrogens is 1. The topological polar surface area (TPSA) is 66.1 Å². The van der Waals surface area contributed by atoms with Crippen LogP contribution < -0.4 is 5.56 Å².